The second-order valence-electron chi connectivity index (χ2n) is 8.28. The number of nitrogens with one attached hydrogen (secondary N) is 2. The summed E-state index contributed by atoms with van der Waals surface area (Å²) in [5.74, 6) is 1.75. The van der Waals surface area contributed by atoms with Gasteiger partial charge in [0.25, 0.3) is 0 Å². The Labute approximate surface area is 192 Å². The van der Waals surface area contributed by atoms with E-state index in [1.54, 1.807) is 0 Å². The SMILES string of the molecule is CN=C(NCc1cccc(CN(C)C)c1)NC1CC(C)(C)Oc2ccccc21.I. The summed E-state index contributed by atoms with van der Waals surface area (Å²) < 4.78 is 6.13. The van der Waals surface area contributed by atoms with Gasteiger partial charge in [-0.3, -0.25) is 4.99 Å². The summed E-state index contributed by atoms with van der Waals surface area (Å²) >= 11 is 0. The van der Waals surface area contributed by atoms with Gasteiger partial charge in [0.15, 0.2) is 5.96 Å². The van der Waals surface area contributed by atoms with Crippen LogP contribution < -0.4 is 15.4 Å². The summed E-state index contributed by atoms with van der Waals surface area (Å²) in [5.41, 5.74) is 3.52. The Bertz CT molecular complexity index is 835. The van der Waals surface area contributed by atoms with Gasteiger partial charge in [-0.25, -0.2) is 0 Å². The van der Waals surface area contributed by atoms with Crippen molar-refractivity contribution in [2.75, 3.05) is 21.1 Å². The zero-order valence-electron chi connectivity index (χ0n) is 18.0. The lowest BCUT2D eigenvalue weighted by molar-refractivity contribution is 0.0694. The third kappa shape index (κ3) is 6.60. The number of fused-ring (bicyclic) bond motifs is 1. The highest BCUT2D eigenvalue weighted by Crippen LogP contribution is 2.39. The Morgan fingerprint density at radius 1 is 1.14 bits per heavy atom. The summed E-state index contributed by atoms with van der Waals surface area (Å²) in [6.07, 6.45) is 0.878. The van der Waals surface area contributed by atoms with Crippen molar-refractivity contribution in [3.8, 4) is 5.75 Å². The topological polar surface area (TPSA) is 48.9 Å². The molecule has 3 rings (SSSR count). The van der Waals surface area contributed by atoms with Crippen LogP contribution in [0.3, 0.4) is 0 Å². The van der Waals surface area contributed by atoms with Gasteiger partial charge in [-0.1, -0.05) is 42.5 Å². The van der Waals surface area contributed by atoms with Gasteiger partial charge in [-0.2, -0.15) is 0 Å². The van der Waals surface area contributed by atoms with E-state index in [2.05, 4.69) is 84.9 Å². The molecule has 1 aliphatic heterocycles. The van der Waals surface area contributed by atoms with Crippen LogP contribution in [0.25, 0.3) is 0 Å². The average molecular weight is 508 g/mol. The first-order valence-corrected chi connectivity index (χ1v) is 9.84. The first kappa shape index (κ1) is 23.5. The predicted octanol–water partition coefficient (Wildman–Crippen LogP) is 4.33. The zero-order valence-corrected chi connectivity index (χ0v) is 20.4. The predicted molar refractivity (Wildman–Crippen MR) is 131 cm³/mol. The summed E-state index contributed by atoms with van der Waals surface area (Å²) in [6.45, 7) is 5.93. The molecule has 5 nitrogen and oxygen atoms in total. The van der Waals surface area contributed by atoms with Crippen LogP contribution in [0.2, 0.25) is 0 Å². The first-order valence-electron chi connectivity index (χ1n) is 9.84. The van der Waals surface area contributed by atoms with Gasteiger partial charge < -0.3 is 20.3 Å². The lowest BCUT2D eigenvalue weighted by Gasteiger charge is -2.38. The number of nitrogens with zero attached hydrogens (tertiary/aromatic N) is 2. The van der Waals surface area contributed by atoms with Crippen LogP contribution in [-0.2, 0) is 13.1 Å². The number of benzene rings is 2. The van der Waals surface area contributed by atoms with Gasteiger partial charge in [0.1, 0.15) is 11.4 Å². The first-order chi connectivity index (χ1) is 13.4. The van der Waals surface area contributed by atoms with Crippen LogP contribution in [0.1, 0.15) is 43.0 Å². The Morgan fingerprint density at radius 3 is 2.59 bits per heavy atom. The molecule has 0 aliphatic carbocycles. The summed E-state index contributed by atoms with van der Waals surface area (Å²) in [5, 5.41) is 7.04. The normalized spacial score (nSPS) is 17.7. The molecule has 0 spiro atoms. The molecule has 2 aromatic rings. The Morgan fingerprint density at radius 2 is 1.86 bits per heavy atom. The van der Waals surface area contributed by atoms with E-state index in [9.17, 15) is 0 Å². The van der Waals surface area contributed by atoms with Crippen LogP contribution in [0.5, 0.6) is 5.75 Å². The number of para-hydroxylation sites is 1. The van der Waals surface area contributed by atoms with Crippen molar-refractivity contribution >= 4 is 29.9 Å². The molecule has 158 valence electrons. The molecule has 1 aliphatic rings. The molecule has 0 amide bonds. The largest absolute Gasteiger partial charge is 0.487 e. The van der Waals surface area contributed by atoms with Crippen molar-refractivity contribution in [1.82, 2.24) is 15.5 Å². The molecular formula is C23H33IN4O. The van der Waals surface area contributed by atoms with Crippen LogP contribution in [-0.4, -0.2) is 37.6 Å². The monoisotopic (exact) mass is 508 g/mol. The minimum absolute atomic E-state index is 0. The van der Waals surface area contributed by atoms with E-state index < -0.39 is 0 Å². The lowest BCUT2D eigenvalue weighted by atomic mass is 9.90. The van der Waals surface area contributed by atoms with E-state index in [0.29, 0.717) is 0 Å². The molecule has 29 heavy (non-hydrogen) atoms. The van der Waals surface area contributed by atoms with Crippen LogP contribution >= 0.6 is 24.0 Å². The molecule has 1 unspecified atom stereocenters. The van der Waals surface area contributed by atoms with Gasteiger partial charge >= 0.3 is 0 Å². The second-order valence-corrected chi connectivity index (χ2v) is 8.28. The van der Waals surface area contributed by atoms with Gasteiger partial charge in [0, 0.05) is 32.1 Å². The minimum atomic E-state index is -0.217. The number of hydrogen-bond donors (Lipinski definition) is 2. The van der Waals surface area contributed by atoms with Gasteiger partial charge in [0.2, 0.25) is 0 Å². The van der Waals surface area contributed by atoms with Crippen molar-refractivity contribution in [1.29, 1.82) is 0 Å². The molecule has 0 aromatic heterocycles. The quantitative estimate of drug-likeness (QED) is 0.359. The third-order valence-electron chi connectivity index (χ3n) is 4.86. The van der Waals surface area contributed by atoms with Crippen LogP contribution in [0.15, 0.2) is 53.5 Å². The van der Waals surface area contributed by atoms with Crippen molar-refractivity contribution in [3.63, 3.8) is 0 Å². The summed E-state index contributed by atoms with van der Waals surface area (Å²) in [7, 11) is 5.99. The Balaban J connectivity index is 0.00000300. The molecule has 0 saturated heterocycles. The van der Waals surface area contributed by atoms with E-state index in [0.717, 1.165) is 31.2 Å². The lowest BCUT2D eigenvalue weighted by Crippen LogP contribution is -2.45. The van der Waals surface area contributed by atoms with Crippen molar-refractivity contribution in [3.05, 3.63) is 65.2 Å². The fraction of sp³-hybridized carbons (Fsp3) is 0.435. The maximum atomic E-state index is 6.13. The van der Waals surface area contributed by atoms with E-state index in [-0.39, 0.29) is 35.6 Å². The van der Waals surface area contributed by atoms with E-state index in [1.165, 1.54) is 16.7 Å². The molecule has 6 heteroatoms. The average Bonchev–Trinajstić information content (AvgIpc) is 2.64. The molecule has 0 radical (unpaired) electrons. The molecule has 1 heterocycles. The Kier molecular flexibility index (Phi) is 8.34. The van der Waals surface area contributed by atoms with E-state index >= 15 is 0 Å². The highest BCUT2D eigenvalue weighted by molar-refractivity contribution is 14.0. The molecule has 0 fully saturated rings. The Hall–Kier alpha value is -1.80. The van der Waals surface area contributed by atoms with Crippen LogP contribution in [0, 0.1) is 0 Å². The van der Waals surface area contributed by atoms with Crippen molar-refractivity contribution in [2.45, 2.75) is 45.0 Å². The van der Waals surface area contributed by atoms with Crippen LogP contribution in [0.4, 0.5) is 0 Å². The minimum Gasteiger partial charge on any atom is -0.487 e. The molecule has 2 N–H and O–H groups in total. The fourth-order valence-electron chi connectivity index (χ4n) is 3.68. The van der Waals surface area contributed by atoms with Crippen molar-refractivity contribution in [2.24, 2.45) is 4.99 Å². The van der Waals surface area contributed by atoms with Gasteiger partial charge in [-0.15, -0.1) is 24.0 Å². The number of rotatable bonds is 5. The highest BCUT2D eigenvalue weighted by atomic mass is 127. The zero-order chi connectivity index (χ0) is 20.1. The molecule has 2 aromatic carbocycles. The molecule has 0 bridgehead atoms. The molecule has 1 atom stereocenters. The smallest absolute Gasteiger partial charge is 0.191 e. The maximum Gasteiger partial charge on any atom is 0.191 e. The number of halogens is 1. The molecule has 0 saturated carbocycles. The highest BCUT2D eigenvalue weighted by Gasteiger charge is 2.33. The van der Waals surface area contributed by atoms with Gasteiger partial charge in [0.05, 0.1) is 6.04 Å². The number of guanidine groups is 1. The standard InChI is InChI=1S/C23H32N4O.HI/c1-23(2)14-20(19-11-6-7-12-21(19)28-23)26-22(24-3)25-15-17-9-8-10-18(13-17)16-27(4)5;/h6-13,20H,14-16H2,1-5H3,(H2,24,25,26);1H. The molecular weight excluding hydrogens is 475 g/mol. The summed E-state index contributed by atoms with van der Waals surface area (Å²) in [6, 6.07) is 17.1. The van der Waals surface area contributed by atoms with E-state index in [4.69, 9.17) is 4.74 Å². The van der Waals surface area contributed by atoms with Gasteiger partial charge in [-0.05, 0) is 45.1 Å². The second kappa shape index (κ2) is 10.3. The van der Waals surface area contributed by atoms with E-state index in [1.807, 2.05) is 19.2 Å². The summed E-state index contributed by atoms with van der Waals surface area (Å²) in [4.78, 5) is 6.61. The van der Waals surface area contributed by atoms with Crippen molar-refractivity contribution < 1.29 is 4.74 Å². The number of hydrogen-bond acceptors (Lipinski definition) is 3. The fourth-order valence-corrected chi connectivity index (χ4v) is 3.68. The number of aliphatic imine (C=N–C) groups is 1. The maximum absolute atomic E-state index is 6.13. The third-order valence-corrected chi connectivity index (χ3v) is 4.86. The number of ether oxygens (including phenoxy) is 1.